The van der Waals surface area contributed by atoms with E-state index in [2.05, 4.69) is 29.6 Å². The Hall–Kier alpha value is -0.820. The molecule has 0 atom stereocenters. The maximum atomic E-state index is 3.46. The molecule has 0 radical (unpaired) electrons. The van der Waals surface area contributed by atoms with Gasteiger partial charge in [-0.25, -0.2) is 0 Å². The zero-order chi connectivity index (χ0) is 10.8. The smallest absolute Gasteiger partial charge is 0.00431 e. The van der Waals surface area contributed by atoms with E-state index in [1.54, 1.807) is 11.1 Å². The lowest BCUT2D eigenvalue weighted by molar-refractivity contribution is 0.405. The molecule has 0 aromatic heterocycles. The van der Waals surface area contributed by atoms with E-state index in [9.17, 15) is 0 Å². The van der Waals surface area contributed by atoms with Crippen LogP contribution in [0.2, 0.25) is 0 Å². The van der Waals surface area contributed by atoms with Gasteiger partial charge in [0.1, 0.15) is 0 Å². The van der Waals surface area contributed by atoms with E-state index in [1.807, 2.05) is 0 Å². The van der Waals surface area contributed by atoms with Crippen molar-refractivity contribution in [2.45, 2.75) is 43.9 Å². The van der Waals surface area contributed by atoms with Gasteiger partial charge >= 0.3 is 0 Å². The van der Waals surface area contributed by atoms with Crippen LogP contribution in [0.15, 0.2) is 24.3 Å². The third-order valence-electron chi connectivity index (χ3n) is 4.32. The monoisotopic (exact) mass is 215 g/mol. The van der Waals surface area contributed by atoms with E-state index in [0.29, 0.717) is 0 Å². The highest BCUT2D eigenvalue weighted by Crippen LogP contribution is 2.41. The number of benzene rings is 1. The maximum Gasteiger partial charge on any atom is -0.00431 e. The van der Waals surface area contributed by atoms with Crippen molar-refractivity contribution in [1.82, 2.24) is 5.32 Å². The van der Waals surface area contributed by atoms with Gasteiger partial charge in [0.2, 0.25) is 0 Å². The Kier molecular flexibility index (Phi) is 2.96. The maximum absolute atomic E-state index is 3.46. The van der Waals surface area contributed by atoms with E-state index < -0.39 is 0 Å². The van der Waals surface area contributed by atoms with Crippen molar-refractivity contribution >= 4 is 0 Å². The molecule has 3 rings (SSSR count). The minimum absolute atomic E-state index is 0.818. The number of hydrogen-bond acceptors (Lipinski definition) is 1. The molecule has 1 aromatic rings. The first-order valence-corrected chi connectivity index (χ1v) is 6.74. The summed E-state index contributed by atoms with van der Waals surface area (Å²) < 4.78 is 0. The van der Waals surface area contributed by atoms with Crippen LogP contribution < -0.4 is 5.32 Å². The van der Waals surface area contributed by atoms with Gasteiger partial charge < -0.3 is 5.32 Å². The molecule has 0 bridgehead atoms. The van der Waals surface area contributed by atoms with Crippen molar-refractivity contribution in [2.24, 2.45) is 0 Å². The summed E-state index contributed by atoms with van der Waals surface area (Å²) in [6.07, 6.45) is 6.92. The lowest BCUT2D eigenvalue weighted by Gasteiger charge is -2.32. The molecule has 1 saturated heterocycles. The molecule has 2 aliphatic rings. The van der Waals surface area contributed by atoms with Crippen LogP contribution in [0, 0.1) is 0 Å². The van der Waals surface area contributed by atoms with Crippen LogP contribution in [0.4, 0.5) is 0 Å². The third kappa shape index (κ3) is 1.89. The normalized spacial score (nSPS) is 23.0. The molecule has 1 aliphatic heterocycles. The van der Waals surface area contributed by atoms with Crippen LogP contribution in [-0.2, 0) is 0 Å². The summed E-state index contributed by atoms with van der Waals surface area (Å²) in [7, 11) is 0. The highest BCUT2D eigenvalue weighted by atomic mass is 14.9. The average Bonchev–Trinajstić information content (AvgIpc) is 2.29. The van der Waals surface area contributed by atoms with Gasteiger partial charge in [-0.1, -0.05) is 30.7 Å². The second-order valence-corrected chi connectivity index (χ2v) is 5.28. The first-order chi connectivity index (χ1) is 7.95. The molecule has 0 amide bonds. The van der Waals surface area contributed by atoms with Gasteiger partial charge in [-0.15, -0.1) is 0 Å². The summed E-state index contributed by atoms with van der Waals surface area (Å²) in [4.78, 5) is 0. The number of piperidine rings is 1. The molecule has 1 aromatic carbocycles. The topological polar surface area (TPSA) is 12.0 Å². The Bertz CT molecular complexity index is 348. The predicted octanol–water partition coefficient (Wildman–Crippen LogP) is 3.42. The molecule has 0 unspecified atom stereocenters. The quantitative estimate of drug-likeness (QED) is 0.797. The van der Waals surface area contributed by atoms with Gasteiger partial charge in [0, 0.05) is 0 Å². The van der Waals surface area contributed by atoms with E-state index in [4.69, 9.17) is 0 Å². The lowest BCUT2D eigenvalue weighted by atomic mass is 9.75. The fraction of sp³-hybridized carbons (Fsp3) is 0.600. The molecule has 1 heterocycles. The molecule has 1 N–H and O–H groups in total. The van der Waals surface area contributed by atoms with Crippen molar-refractivity contribution in [2.75, 3.05) is 13.1 Å². The van der Waals surface area contributed by atoms with Crippen LogP contribution in [0.5, 0.6) is 0 Å². The fourth-order valence-electron chi connectivity index (χ4n) is 3.11. The molecule has 16 heavy (non-hydrogen) atoms. The van der Waals surface area contributed by atoms with Gasteiger partial charge in [0.25, 0.3) is 0 Å². The van der Waals surface area contributed by atoms with Crippen molar-refractivity contribution in [1.29, 1.82) is 0 Å². The Morgan fingerprint density at radius 3 is 1.88 bits per heavy atom. The Labute approximate surface area is 98.3 Å². The summed E-state index contributed by atoms with van der Waals surface area (Å²) in [5.41, 5.74) is 3.33. The summed E-state index contributed by atoms with van der Waals surface area (Å²) in [5, 5.41) is 3.46. The van der Waals surface area contributed by atoms with Gasteiger partial charge in [0.05, 0.1) is 0 Å². The average molecular weight is 215 g/mol. The second kappa shape index (κ2) is 4.58. The van der Waals surface area contributed by atoms with E-state index in [-0.39, 0.29) is 0 Å². The summed E-state index contributed by atoms with van der Waals surface area (Å²) in [6, 6.07) is 9.20. The Morgan fingerprint density at radius 2 is 1.38 bits per heavy atom. The molecule has 2 fully saturated rings. The summed E-state index contributed by atoms with van der Waals surface area (Å²) in [5.74, 6) is 1.70. The molecule has 1 nitrogen and oxygen atoms in total. The summed E-state index contributed by atoms with van der Waals surface area (Å²) in [6.45, 7) is 2.40. The predicted molar refractivity (Wildman–Crippen MR) is 67.9 cm³/mol. The second-order valence-electron chi connectivity index (χ2n) is 5.28. The van der Waals surface area contributed by atoms with Crippen LogP contribution >= 0.6 is 0 Å². The highest BCUT2D eigenvalue weighted by Gasteiger charge is 2.25. The first kappa shape index (κ1) is 10.3. The lowest BCUT2D eigenvalue weighted by Crippen LogP contribution is -2.27. The van der Waals surface area contributed by atoms with Crippen molar-refractivity contribution in [3.63, 3.8) is 0 Å². The molecule has 1 heteroatoms. The first-order valence-electron chi connectivity index (χ1n) is 6.74. The largest absolute Gasteiger partial charge is 0.317 e. The van der Waals surface area contributed by atoms with E-state index in [0.717, 1.165) is 11.8 Å². The van der Waals surface area contributed by atoms with Crippen molar-refractivity contribution in [3.05, 3.63) is 35.4 Å². The number of rotatable bonds is 2. The van der Waals surface area contributed by atoms with Crippen LogP contribution in [0.25, 0.3) is 0 Å². The Balaban J connectivity index is 1.86. The molecule has 1 aliphatic carbocycles. The summed E-state index contributed by atoms with van der Waals surface area (Å²) >= 11 is 0. The van der Waals surface area contributed by atoms with Crippen molar-refractivity contribution in [3.8, 4) is 0 Å². The zero-order valence-electron chi connectivity index (χ0n) is 9.91. The van der Waals surface area contributed by atoms with E-state index in [1.165, 1.54) is 45.2 Å². The SMILES string of the molecule is c1ccc(C2CCNCC2)c(C2CCC2)c1. The van der Waals surface area contributed by atoms with Crippen LogP contribution in [0.3, 0.4) is 0 Å². The number of hydrogen-bond donors (Lipinski definition) is 1. The van der Waals surface area contributed by atoms with Crippen molar-refractivity contribution < 1.29 is 0 Å². The highest BCUT2D eigenvalue weighted by molar-refractivity contribution is 5.34. The Morgan fingerprint density at radius 1 is 0.812 bits per heavy atom. The van der Waals surface area contributed by atoms with Gasteiger partial charge in [-0.05, 0) is 61.7 Å². The van der Waals surface area contributed by atoms with Crippen LogP contribution in [0.1, 0.15) is 55.1 Å². The van der Waals surface area contributed by atoms with Gasteiger partial charge in [-0.3, -0.25) is 0 Å². The minimum atomic E-state index is 0.818. The third-order valence-corrected chi connectivity index (χ3v) is 4.32. The standard InChI is InChI=1S/C15H21N/c1-2-7-15(13-8-10-16-11-9-13)14(6-1)12-4-3-5-12/h1-2,6-7,12-13,16H,3-5,8-11H2. The van der Waals surface area contributed by atoms with E-state index >= 15 is 0 Å². The number of nitrogens with one attached hydrogen (secondary N) is 1. The van der Waals surface area contributed by atoms with Gasteiger partial charge in [-0.2, -0.15) is 0 Å². The molecule has 1 saturated carbocycles. The minimum Gasteiger partial charge on any atom is -0.317 e. The van der Waals surface area contributed by atoms with Crippen LogP contribution in [-0.4, -0.2) is 13.1 Å². The molecule has 0 spiro atoms. The molecular formula is C15H21N. The molecule has 86 valence electrons. The zero-order valence-corrected chi connectivity index (χ0v) is 9.91. The molecular weight excluding hydrogens is 194 g/mol. The fourth-order valence-corrected chi connectivity index (χ4v) is 3.11. The van der Waals surface area contributed by atoms with Gasteiger partial charge in [0.15, 0.2) is 0 Å².